The summed E-state index contributed by atoms with van der Waals surface area (Å²) >= 11 is 5.81. The second-order valence-corrected chi connectivity index (χ2v) is 8.33. The molecule has 1 amide bonds. The molecule has 104 valence electrons. The van der Waals surface area contributed by atoms with Crippen LogP contribution in [0.15, 0.2) is 23.1 Å². The van der Waals surface area contributed by atoms with Crippen molar-refractivity contribution < 1.29 is 13.2 Å². The highest BCUT2D eigenvalue weighted by Crippen LogP contribution is 2.44. The Morgan fingerprint density at radius 1 is 1.37 bits per heavy atom. The molecule has 1 unspecified atom stereocenters. The van der Waals surface area contributed by atoms with Crippen LogP contribution in [-0.4, -0.2) is 20.4 Å². The molecule has 0 bridgehead atoms. The van der Waals surface area contributed by atoms with Crippen molar-refractivity contribution in [2.75, 3.05) is 0 Å². The molecule has 19 heavy (non-hydrogen) atoms. The Kier molecular flexibility index (Phi) is 3.58. The highest BCUT2D eigenvalue weighted by atomic mass is 35.7. The summed E-state index contributed by atoms with van der Waals surface area (Å²) in [5.74, 6) is -0.348. The van der Waals surface area contributed by atoms with E-state index >= 15 is 0 Å². The van der Waals surface area contributed by atoms with Gasteiger partial charge in [-0.25, -0.2) is 8.42 Å². The van der Waals surface area contributed by atoms with E-state index in [0.29, 0.717) is 0 Å². The van der Waals surface area contributed by atoms with Gasteiger partial charge in [-0.2, -0.15) is 0 Å². The highest BCUT2D eigenvalue weighted by Gasteiger charge is 2.46. The number of amides is 1. The average Bonchev–Trinajstić information content (AvgIpc) is 2.83. The third-order valence-electron chi connectivity index (χ3n) is 3.23. The Morgan fingerprint density at radius 3 is 2.42 bits per heavy atom. The van der Waals surface area contributed by atoms with Crippen molar-refractivity contribution in [2.24, 2.45) is 5.41 Å². The summed E-state index contributed by atoms with van der Waals surface area (Å²) in [6, 6.07) is 3.95. The lowest BCUT2D eigenvalue weighted by atomic mass is 10.1. The van der Waals surface area contributed by atoms with Gasteiger partial charge in [-0.15, -0.1) is 0 Å². The molecule has 1 aliphatic rings. The van der Waals surface area contributed by atoms with Crippen molar-refractivity contribution in [3.8, 4) is 0 Å². The molecule has 1 aliphatic carbocycles. The second-order valence-electron chi connectivity index (χ2n) is 5.33. The zero-order chi connectivity index (χ0) is 14.4. The van der Waals surface area contributed by atoms with Gasteiger partial charge in [0.15, 0.2) is 0 Å². The molecule has 0 aromatic heterocycles. The van der Waals surface area contributed by atoms with Crippen LogP contribution >= 0.6 is 22.3 Å². The third-order valence-corrected chi connectivity index (χ3v) is 4.79. The van der Waals surface area contributed by atoms with Crippen LogP contribution in [0.3, 0.4) is 0 Å². The topological polar surface area (TPSA) is 63.2 Å². The molecule has 0 aliphatic heterocycles. The normalized spacial score (nSPS) is 20.9. The maximum atomic E-state index is 12.0. The van der Waals surface area contributed by atoms with Gasteiger partial charge in [-0.05, 0) is 30.0 Å². The number of hydrogen-bond donors (Lipinski definition) is 1. The molecule has 0 radical (unpaired) electrons. The standard InChI is InChI=1S/C12H13Cl2NO3S/c1-12(2)6-10(12)15-11(16)7-3-8(13)5-9(4-7)19(14,17)18/h3-5,10H,6H2,1-2H3,(H,15,16). The van der Waals surface area contributed by atoms with E-state index in [2.05, 4.69) is 5.32 Å². The summed E-state index contributed by atoms with van der Waals surface area (Å²) in [5.41, 5.74) is 0.282. The maximum Gasteiger partial charge on any atom is 0.261 e. The highest BCUT2D eigenvalue weighted by molar-refractivity contribution is 8.13. The molecule has 1 saturated carbocycles. The molecule has 0 saturated heterocycles. The molecule has 1 aromatic carbocycles. The Morgan fingerprint density at radius 2 is 1.95 bits per heavy atom. The molecule has 0 spiro atoms. The van der Waals surface area contributed by atoms with Crippen molar-refractivity contribution in [3.63, 3.8) is 0 Å². The van der Waals surface area contributed by atoms with Gasteiger partial charge in [0.25, 0.3) is 15.0 Å². The zero-order valence-electron chi connectivity index (χ0n) is 10.4. The third kappa shape index (κ3) is 3.41. The SMILES string of the molecule is CC1(C)CC1NC(=O)c1cc(Cl)cc(S(=O)(=O)Cl)c1. The quantitative estimate of drug-likeness (QED) is 0.871. The molecule has 2 rings (SSSR count). The van der Waals surface area contributed by atoms with E-state index in [-0.39, 0.29) is 32.8 Å². The second kappa shape index (κ2) is 4.65. The van der Waals surface area contributed by atoms with Gasteiger partial charge < -0.3 is 5.32 Å². The fourth-order valence-electron chi connectivity index (χ4n) is 1.79. The maximum absolute atomic E-state index is 12.0. The van der Waals surface area contributed by atoms with E-state index < -0.39 is 9.05 Å². The first-order valence-electron chi connectivity index (χ1n) is 5.66. The summed E-state index contributed by atoms with van der Waals surface area (Å²) in [7, 11) is 1.34. The van der Waals surface area contributed by atoms with Gasteiger partial charge in [0.05, 0.1) is 4.90 Å². The number of halogens is 2. The van der Waals surface area contributed by atoms with Crippen LogP contribution in [-0.2, 0) is 9.05 Å². The molecule has 4 nitrogen and oxygen atoms in total. The van der Waals surface area contributed by atoms with E-state index in [9.17, 15) is 13.2 Å². The largest absolute Gasteiger partial charge is 0.349 e. The molecule has 7 heteroatoms. The first-order chi connectivity index (χ1) is 8.59. The molecular weight excluding hydrogens is 309 g/mol. The lowest BCUT2D eigenvalue weighted by molar-refractivity contribution is 0.0946. The number of benzene rings is 1. The fourth-order valence-corrected chi connectivity index (χ4v) is 2.89. The van der Waals surface area contributed by atoms with E-state index in [1.807, 2.05) is 13.8 Å². The van der Waals surface area contributed by atoms with Crippen molar-refractivity contribution in [3.05, 3.63) is 28.8 Å². The Hall–Kier alpha value is -0.780. The Labute approximate surface area is 121 Å². The number of carbonyl (C=O) groups is 1. The molecule has 1 fully saturated rings. The predicted octanol–water partition coefficient (Wildman–Crippen LogP) is 2.80. The van der Waals surface area contributed by atoms with Gasteiger partial charge >= 0.3 is 0 Å². The molecule has 1 atom stereocenters. The van der Waals surface area contributed by atoms with E-state index in [0.717, 1.165) is 6.42 Å². The van der Waals surface area contributed by atoms with Crippen LogP contribution in [0, 0.1) is 5.41 Å². The minimum absolute atomic E-state index is 0.0929. The van der Waals surface area contributed by atoms with Gasteiger partial charge in [-0.1, -0.05) is 25.4 Å². The summed E-state index contributed by atoms with van der Waals surface area (Å²) in [6.45, 7) is 4.09. The van der Waals surface area contributed by atoms with E-state index in [1.54, 1.807) is 0 Å². The monoisotopic (exact) mass is 321 g/mol. The lowest BCUT2D eigenvalue weighted by Gasteiger charge is -2.08. The van der Waals surface area contributed by atoms with Gasteiger partial charge in [0.1, 0.15) is 0 Å². The van der Waals surface area contributed by atoms with E-state index in [4.69, 9.17) is 22.3 Å². The molecule has 1 N–H and O–H groups in total. The van der Waals surface area contributed by atoms with Crippen LogP contribution in [0.2, 0.25) is 5.02 Å². The van der Waals surface area contributed by atoms with Crippen LogP contribution in [0.4, 0.5) is 0 Å². The zero-order valence-corrected chi connectivity index (χ0v) is 12.7. The summed E-state index contributed by atoms with van der Waals surface area (Å²) < 4.78 is 22.5. The fraction of sp³-hybridized carbons (Fsp3) is 0.417. The number of nitrogens with one attached hydrogen (secondary N) is 1. The first-order valence-corrected chi connectivity index (χ1v) is 8.34. The van der Waals surface area contributed by atoms with Gasteiger partial charge in [0.2, 0.25) is 0 Å². The Balaban J connectivity index is 2.25. The van der Waals surface area contributed by atoms with Gasteiger partial charge in [-0.3, -0.25) is 4.79 Å². The number of rotatable bonds is 3. The van der Waals surface area contributed by atoms with Crippen LogP contribution in [0.5, 0.6) is 0 Å². The smallest absolute Gasteiger partial charge is 0.261 e. The Bertz CT molecular complexity index is 640. The molecule has 1 aromatic rings. The van der Waals surface area contributed by atoms with Gasteiger partial charge in [0, 0.05) is 27.3 Å². The first kappa shape index (κ1) is 14.6. The lowest BCUT2D eigenvalue weighted by Crippen LogP contribution is -2.28. The number of carbonyl (C=O) groups excluding carboxylic acids is 1. The summed E-state index contributed by atoms with van der Waals surface area (Å²) in [4.78, 5) is 11.8. The van der Waals surface area contributed by atoms with Crippen molar-refractivity contribution in [1.29, 1.82) is 0 Å². The van der Waals surface area contributed by atoms with Crippen molar-refractivity contribution >= 4 is 37.2 Å². The molecular formula is C12H13Cl2NO3S. The predicted molar refractivity (Wildman–Crippen MR) is 74.1 cm³/mol. The van der Waals surface area contributed by atoms with E-state index in [1.165, 1.54) is 18.2 Å². The molecule has 0 heterocycles. The van der Waals surface area contributed by atoms with Crippen LogP contribution in [0.25, 0.3) is 0 Å². The average molecular weight is 322 g/mol. The summed E-state index contributed by atoms with van der Waals surface area (Å²) in [6.07, 6.45) is 0.903. The number of hydrogen-bond acceptors (Lipinski definition) is 3. The van der Waals surface area contributed by atoms with Crippen LogP contribution < -0.4 is 5.32 Å². The minimum atomic E-state index is -3.91. The minimum Gasteiger partial charge on any atom is -0.349 e. The van der Waals surface area contributed by atoms with Crippen molar-refractivity contribution in [2.45, 2.75) is 31.2 Å². The van der Waals surface area contributed by atoms with Crippen molar-refractivity contribution in [1.82, 2.24) is 5.32 Å². The summed E-state index contributed by atoms with van der Waals surface area (Å²) in [5, 5.41) is 2.99. The van der Waals surface area contributed by atoms with Crippen LogP contribution in [0.1, 0.15) is 30.6 Å².